The van der Waals surface area contributed by atoms with Crippen molar-refractivity contribution in [2.45, 2.75) is 25.9 Å². The highest BCUT2D eigenvalue weighted by Crippen LogP contribution is 2.35. The van der Waals surface area contributed by atoms with Crippen LogP contribution < -0.4 is 19.8 Å². The summed E-state index contributed by atoms with van der Waals surface area (Å²) in [4.78, 5) is 45.2. The Kier molecular flexibility index (Phi) is 7.53. The second-order valence-electron chi connectivity index (χ2n) is 9.35. The number of rotatable bonds is 7. The average molecular weight is 546 g/mol. The van der Waals surface area contributed by atoms with E-state index in [1.165, 1.54) is 18.2 Å². The van der Waals surface area contributed by atoms with E-state index < -0.39 is 29.4 Å². The molecule has 2 unspecified atom stereocenters. The molecule has 5 rings (SSSR count). The van der Waals surface area contributed by atoms with Gasteiger partial charge in [-0.1, -0.05) is 54.6 Å². The molecular formula is C28H27N5O5S. The molecule has 1 saturated carbocycles. The van der Waals surface area contributed by atoms with Crippen LogP contribution in [0.4, 0.5) is 21.9 Å². The van der Waals surface area contributed by atoms with Crippen molar-refractivity contribution in [2.75, 3.05) is 21.1 Å². The van der Waals surface area contributed by atoms with Gasteiger partial charge in [0, 0.05) is 30.3 Å². The number of carbonyl (C=O) groups excluding carboxylic acids is 3. The Morgan fingerprint density at radius 1 is 1.05 bits per heavy atom. The summed E-state index contributed by atoms with van der Waals surface area (Å²) in [6, 6.07) is 22.3. The number of carbonyl (C=O) groups is 3. The average Bonchev–Trinajstić information content (AvgIpc) is 3.74. The van der Waals surface area contributed by atoms with Crippen LogP contribution in [0.1, 0.15) is 30.9 Å². The Labute approximate surface area is 228 Å². The predicted octanol–water partition coefficient (Wildman–Crippen LogP) is 3.92. The molecule has 1 aliphatic heterocycles. The van der Waals surface area contributed by atoms with E-state index in [0.29, 0.717) is 22.5 Å². The number of para-hydroxylation sites is 1. The molecule has 1 fully saturated rings. The van der Waals surface area contributed by atoms with E-state index in [-0.39, 0.29) is 17.3 Å². The molecular weight excluding hydrogens is 518 g/mol. The van der Waals surface area contributed by atoms with Crippen LogP contribution >= 0.6 is 0 Å². The van der Waals surface area contributed by atoms with Gasteiger partial charge in [-0.3, -0.25) is 14.1 Å². The number of amides is 4. The molecule has 3 N–H and O–H groups in total. The first kappa shape index (κ1) is 26.3. The van der Waals surface area contributed by atoms with E-state index in [1.807, 2.05) is 54.6 Å². The topological polar surface area (TPSA) is 131 Å². The number of hydrogen-bond donors (Lipinski definition) is 3. The minimum atomic E-state index is -2.58. The third-order valence-electron chi connectivity index (χ3n) is 6.44. The summed E-state index contributed by atoms with van der Waals surface area (Å²) >= 11 is -2.58. The number of benzene rings is 3. The number of anilines is 3. The summed E-state index contributed by atoms with van der Waals surface area (Å²) < 4.78 is 21.8. The van der Waals surface area contributed by atoms with Crippen LogP contribution in [0.15, 0.2) is 83.9 Å². The van der Waals surface area contributed by atoms with E-state index >= 15 is 0 Å². The van der Waals surface area contributed by atoms with Gasteiger partial charge in [0.25, 0.3) is 17.2 Å². The van der Waals surface area contributed by atoms with Crippen molar-refractivity contribution in [3.63, 3.8) is 0 Å². The lowest BCUT2D eigenvalue weighted by molar-refractivity contribution is -0.120. The highest BCUT2D eigenvalue weighted by molar-refractivity contribution is 7.81. The van der Waals surface area contributed by atoms with E-state index in [1.54, 1.807) is 11.0 Å². The third kappa shape index (κ3) is 5.89. The van der Waals surface area contributed by atoms with E-state index in [2.05, 4.69) is 10.6 Å². The fourth-order valence-corrected chi connectivity index (χ4v) is 4.99. The van der Waals surface area contributed by atoms with Gasteiger partial charge in [0.05, 0.1) is 17.1 Å². The lowest BCUT2D eigenvalue weighted by Gasteiger charge is -2.25. The second-order valence-corrected chi connectivity index (χ2v) is 10.2. The third-order valence-corrected chi connectivity index (χ3v) is 7.22. The molecule has 11 heteroatoms. The van der Waals surface area contributed by atoms with Crippen LogP contribution in [-0.2, 0) is 20.9 Å². The normalized spacial score (nSPS) is 17.4. The van der Waals surface area contributed by atoms with Crippen molar-refractivity contribution in [3.8, 4) is 0 Å². The van der Waals surface area contributed by atoms with Gasteiger partial charge in [-0.25, -0.2) is 18.3 Å². The summed E-state index contributed by atoms with van der Waals surface area (Å²) in [5, 5.41) is 5.33. The maximum Gasteiger partial charge on any atom is 0.321 e. The Morgan fingerprint density at radius 2 is 1.77 bits per heavy atom. The summed E-state index contributed by atoms with van der Waals surface area (Å²) in [5.41, 5.74) is 3.34. The first-order valence-electron chi connectivity index (χ1n) is 12.4. The fraction of sp³-hybridized carbons (Fsp3) is 0.214. The zero-order chi connectivity index (χ0) is 27.5. The highest BCUT2D eigenvalue weighted by atomic mass is 32.2. The fourth-order valence-electron chi connectivity index (χ4n) is 4.48. The quantitative estimate of drug-likeness (QED) is 0.387. The van der Waals surface area contributed by atoms with Crippen LogP contribution in [0.25, 0.3) is 0 Å². The maximum atomic E-state index is 13.8. The predicted molar refractivity (Wildman–Crippen MR) is 150 cm³/mol. The van der Waals surface area contributed by atoms with Crippen LogP contribution in [0.5, 0.6) is 0 Å². The largest absolute Gasteiger partial charge is 0.321 e. The molecule has 200 valence electrons. The molecule has 39 heavy (non-hydrogen) atoms. The highest BCUT2D eigenvalue weighted by Gasteiger charge is 2.36. The summed E-state index contributed by atoms with van der Waals surface area (Å²) in [7, 11) is 0. The number of aliphatic imine (C=N–C) groups is 1. The first-order valence-corrected chi connectivity index (χ1v) is 13.5. The molecule has 3 aromatic rings. The van der Waals surface area contributed by atoms with Crippen molar-refractivity contribution in [3.05, 3.63) is 90.0 Å². The van der Waals surface area contributed by atoms with Crippen LogP contribution in [0.2, 0.25) is 0 Å². The van der Waals surface area contributed by atoms with Gasteiger partial charge < -0.3 is 15.5 Å². The minimum absolute atomic E-state index is 0.127. The van der Waals surface area contributed by atoms with Gasteiger partial charge in [-0.2, -0.15) is 0 Å². The number of urea groups is 1. The van der Waals surface area contributed by atoms with Gasteiger partial charge in [-0.15, -0.1) is 0 Å². The van der Waals surface area contributed by atoms with Crippen LogP contribution in [0, 0.1) is 5.92 Å². The van der Waals surface area contributed by atoms with Gasteiger partial charge in [0.2, 0.25) is 12.1 Å². The molecule has 10 nitrogen and oxygen atoms in total. The minimum Gasteiger partial charge on any atom is -0.308 e. The standard InChI is InChI=1S/C28H27N5O5S/c1-18(34)33(39(37)38)22-11-7-10-21(16-22)29-28(36)31-26-27(35)32(17-19-14-15-19)24-13-6-5-12-23(24)25(30-26)20-8-3-2-4-9-20/h2-13,16,19,26H,14-15,17H2,1H3,(H,37,38)(H2,29,31,36). The SMILES string of the molecule is CC(=O)N(c1cccc(NC(=O)NC2N=C(c3ccccc3)c3ccccc3N(CC3CC3)C2=O)c1)S(=O)O. The lowest BCUT2D eigenvalue weighted by Crippen LogP contribution is -2.49. The summed E-state index contributed by atoms with van der Waals surface area (Å²) in [6.45, 7) is 1.70. The van der Waals surface area contributed by atoms with Crippen molar-refractivity contribution in [1.82, 2.24) is 5.32 Å². The van der Waals surface area contributed by atoms with E-state index in [0.717, 1.165) is 36.6 Å². The Balaban J connectivity index is 1.45. The zero-order valence-corrected chi connectivity index (χ0v) is 21.9. The number of nitrogens with zero attached hydrogens (tertiary/aromatic N) is 3. The van der Waals surface area contributed by atoms with Crippen molar-refractivity contribution >= 4 is 51.9 Å². The Bertz CT molecular complexity index is 1460. The molecule has 0 radical (unpaired) electrons. The first-order chi connectivity index (χ1) is 18.8. The smallest absolute Gasteiger partial charge is 0.308 e. The molecule has 0 saturated heterocycles. The number of benzodiazepines with no additional fused rings is 1. The zero-order valence-electron chi connectivity index (χ0n) is 21.1. The summed E-state index contributed by atoms with van der Waals surface area (Å²) in [5.74, 6) is -0.582. The Morgan fingerprint density at radius 3 is 2.46 bits per heavy atom. The molecule has 1 heterocycles. The maximum absolute atomic E-state index is 13.8. The molecule has 1 aliphatic carbocycles. The van der Waals surface area contributed by atoms with Crippen LogP contribution in [-0.4, -0.2) is 45.0 Å². The number of fused-ring (bicyclic) bond motifs is 1. The van der Waals surface area contributed by atoms with Gasteiger partial charge in [0.15, 0.2) is 0 Å². The monoisotopic (exact) mass is 545 g/mol. The van der Waals surface area contributed by atoms with Crippen molar-refractivity contribution < 1.29 is 23.1 Å². The molecule has 0 aromatic heterocycles. The van der Waals surface area contributed by atoms with Crippen molar-refractivity contribution in [2.24, 2.45) is 10.9 Å². The van der Waals surface area contributed by atoms with E-state index in [4.69, 9.17) is 4.99 Å². The molecule has 3 aromatic carbocycles. The van der Waals surface area contributed by atoms with Crippen molar-refractivity contribution in [1.29, 1.82) is 0 Å². The molecule has 0 bridgehead atoms. The molecule has 2 atom stereocenters. The lowest BCUT2D eigenvalue weighted by atomic mass is 10.00. The number of hydrogen-bond acceptors (Lipinski definition) is 5. The molecule has 0 spiro atoms. The van der Waals surface area contributed by atoms with Gasteiger partial charge in [-0.05, 0) is 43.0 Å². The summed E-state index contributed by atoms with van der Waals surface area (Å²) in [6.07, 6.45) is 0.889. The Hall–Kier alpha value is -4.35. The molecule has 4 amide bonds. The van der Waals surface area contributed by atoms with Gasteiger partial charge in [0.1, 0.15) is 0 Å². The molecule has 2 aliphatic rings. The van der Waals surface area contributed by atoms with Crippen LogP contribution in [0.3, 0.4) is 0 Å². The number of nitrogens with one attached hydrogen (secondary N) is 2. The van der Waals surface area contributed by atoms with Gasteiger partial charge >= 0.3 is 6.03 Å². The second kappa shape index (κ2) is 11.2. The van der Waals surface area contributed by atoms with E-state index in [9.17, 15) is 23.1 Å².